The Morgan fingerprint density at radius 2 is 1.63 bits per heavy atom. The monoisotopic (exact) mass is 407 g/mol. The SMILES string of the molecule is CC1CCC(C)C(CC(=O)O)(NC(=O)OCC2c3ccccc3-c3ccccc32)C1. The first-order valence-corrected chi connectivity index (χ1v) is 10.7. The van der Waals surface area contributed by atoms with Gasteiger partial charge in [-0.05, 0) is 46.9 Å². The van der Waals surface area contributed by atoms with Crippen LogP contribution >= 0.6 is 0 Å². The van der Waals surface area contributed by atoms with E-state index in [1.165, 1.54) is 11.1 Å². The Morgan fingerprint density at radius 1 is 1.03 bits per heavy atom. The molecule has 3 atom stereocenters. The maximum Gasteiger partial charge on any atom is 0.407 e. The smallest absolute Gasteiger partial charge is 0.407 e. The van der Waals surface area contributed by atoms with Gasteiger partial charge in [0.25, 0.3) is 0 Å². The van der Waals surface area contributed by atoms with E-state index in [-0.39, 0.29) is 24.9 Å². The molecule has 2 N–H and O–H groups in total. The van der Waals surface area contributed by atoms with Crippen molar-refractivity contribution in [3.8, 4) is 11.1 Å². The van der Waals surface area contributed by atoms with E-state index in [4.69, 9.17) is 4.74 Å². The van der Waals surface area contributed by atoms with Gasteiger partial charge in [-0.3, -0.25) is 4.79 Å². The highest BCUT2D eigenvalue weighted by Crippen LogP contribution is 2.44. The first kappa shape index (κ1) is 20.5. The third kappa shape index (κ3) is 3.81. The number of carbonyl (C=O) groups excluding carboxylic acids is 1. The molecule has 2 aliphatic rings. The van der Waals surface area contributed by atoms with Gasteiger partial charge in [0.05, 0.1) is 12.0 Å². The summed E-state index contributed by atoms with van der Waals surface area (Å²) >= 11 is 0. The van der Waals surface area contributed by atoms with Crippen LogP contribution in [-0.4, -0.2) is 29.3 Å². The van der Waals surface area contributed by atoms with Crippen molar-refractivity contribution in [2.75, 3.05) is 6.61 Å². The molecule has 5 heteroatoms. The number of rotatable bonds is 5. The molecule has 4 rings (SSSR count). The maximum atomic E-state index is 12.8. The number of ether oxygens (including phenoxy) is 1. The molecule has 1 fully saturated rings. The number of carboxylic acid groups (broad SMARTS) is 1. The number of hydrogen-bond donors (Lipinski definition) is 2. The average molecular weight is 408 g/mol. The van der Waals surface area contributed by atoms with Crippen molar-refractivity contribution in [2.24, 2.45) is 11.8 Å². The zero-order valence-corrected chi connectivity index (χ0v) is 17.6. The second-order valence-electron chi connectivity index (χ2n) is 8.96. The van der Waals surface area contributed by atoms with Crippen LogP contribution in [0, 0.1) is 11.8 Å². The standard InChI is InChI=1S/C25H29NO4/c1-16-11-12-17(2)25(13-16,14-23(27)28)26-24(29)30-15-22-20-9-5-3-7-18(20)19-8-4-6-10-21(19)22/h3-10,16-17,22H,11-15H2,1-2H3,(H,26,29)(H,27,28). The summed E-state index contributed by atoms with van der Waals surface area (Å²) in [5, 5.41) is 12.5. The summed E-state index contributed by atoms with van der Waals surface area (Å²) in [6, 6.07) is 16.4. The van der Waals surface area contributed by atoms with Gasteiger partial charge in [0, 0.05) is 5.92 Å². The maximum absolute atomic E-state index is 12.8. The summed E-state index contributed by atoms with van der Waals surface area (Å²) in [6.07, 6.45) is 2.00. The Balaban J connectivity index is 1.50. The van der Waals surface area contributed by atoms with Gasteiger partial charge < -0.3 is 15.2 Å². The number of carbonyl (C=O) groups is 2. The Bertz CT molecular complexity index is 910. The van der Waals surface area contributed by atoms with Crippen LogP contribution in [0.15, 0.2) is 48.5 Å². The van der Waals surface area contributed by atoms with Gasteiger partial charge in [-0.2, -0.15) is 0 Å². The average Bonchev–Trinajstić information content (AvgIpc) is 3.03. The summed E-state index contributed by atoms with van der Waals surface area (Å²) < 4.78 is 5.69. The van der Waals surface area contributed by atoms with Gasteiger partial charge in [0.1, 0.15) is 6.61 Å². The molecule has 2 aliphatic carbocycles. The van der Waals surface area contributed by atoms with Crippen molar-refractivity contribution < 1.29 is 19.4 Å². The van der Waals surface area contributed by atoms with Crippen LogP contribution in [0.25, 0.3) is 11.1 Å². The van der Waals surface area contributed by atoms with Crippen LogP contribution < -0.4 is 5.32 Å². The van der Waals surface area contributed by atoms with E-state index in [0.717, 1.165) is 24.0 Å². The third-order valence-corrected chi connectivity index (χ3v) is 6.91. The molecule has 5 nitrogen and oxygen atoms in total. The number of amides is 1. The number of aliphatic carboxylic acids is 1. The molecule has 158 valence electrons. The van der Waals surface area contributed by atoms with Gasteiger partial charge >= 0.3 is 12.1 Å². The van der Waals surface area contributed by atoms with Crippen molar-refractivity contribution in [3.05, 3.63) is 59.7 Å². The van der Waals surface area contributed by atoms with Crippen LogP contribution in [0.5, 0.6) is 0 Å². The lowest BCUT2D eigenvalue weighted by Gasteiger charge is -2.44. The molecule has 1 amide bonds. The van der Waals surface area contributed by atoms with Crippen LogP contribution in [0.1, 0.15) is 56.6 Å². The van der Waals surface area contributed by atoms with E-state index >= 15 is 0 Å². The molecule has 0 saturated heterocycles. The fourth-order valence-corrected chi connectivity index (χ4v) is 5.31. The summed E-state index contributed by atoms with van der Waals surface area (Å²) in [7, 11) is 0. The lowest BCUT2D eigenvalue weighted by Crippen LogP contribution is -2.57. The molecule has 3 unspecified atom stereocenters. The number of hydrogen-bond acceptors (Lipinski definition) is 3. The summed E-state index contributed by atoms with van der Waals surface area (Å²) in [5.74, 6) is -0.448. The fraction of sp³-hybridized carbons (Fsp3) is 0.440. The van der Waals surface area contributed by atoms with Gasteiger partial charge in [0.15, 0.2) is 0 Å². The first-order chi connectivity index (χ1) is 14.4. The molecule has 30 heavy (non-hydrogen) atoms. The molecule has 2 aromatic rings. The minimum absolute atomic E-state index is 0.0127. The Labute approximate surface area is 177 Å². The largest absolute Gasteiger partial charge is 0.481 e. The highest BCUT2D eigenvalue weighted by Gasteiger charge is 2.44. The van der Waals surface area contributed by atoms with Crippen molar-refractivity contribution in [1.82, 2.24) is 5.32 Å². The lowest BCUT2D eigenvalue weighted by molar-refractivity contribution is -0.139. The zero-order chi connectivity index (χ0) is 21.3. The van der Waals surface area contributed by atoms with Crippen LogP contribution in [0.3, 0.4) is 0 Å². The highest BCUT2D eigenvalue weighted by molar-refractivity contribution is 5.79. The minimum atomic E-state index is -0.894. The molecule has 0 heterocycles. The second-order valence-corrected chi connectivity index (χ2v) is 8.96. The van der Waals surface area contributed by atoms with Gasteiger partial charge in [-0.15, -0.1) is 0 Å². The van der Waals surface area contributed by atoms with E-state index < -0.39 is 17.6 Å². The molecule has 0 aliphatic heterocycles. The molecule has 0 bridgehead atoms. The predicted molar refractivity (Wildman–Crippen MR) is 115 cm³/mol. The van der Waals surface area contributed by atoms with Crippen LogP contribution in [0.4, 0.5) is 4.79 Å². The Kier molecular flexibility index (Phi) is 5.54. The molecule has 1 saturated carbocycles. The van der Waals surface area contributed by atoms with Gasteiger partial charge in [-0.25, -0.2) is 4.79 Å². The molecular weight excluding hydrogens is 378 g/mol. The molecule has 0 spiro atoms. The number of benzene rings is 2. The van der Waals surface area contributed by atoms with E-state index in [1.54, 1.807) is 0 Å². The van der Waals surface area contributed by atoms with E-state index in [2.05, 4.69) is 36.5 Å². The fourth-order valence-electron chi connectivity index (χ4n) is 5.31. The van der Waals surface area contributed by atoms with E-state index in [1.807, 2.05) is 31.2 Å². The quantitative estimate of drug-likeness (QED) is 0.715. The van der Waals surface area contributed by atoms with Crippen molar-refractivity contribution in [3.63, 3.8) is 0 Å². The Morgan fingerprint density at radius 3 is 2.23 bits per heavy atom. The first-order valence-electron chi connectivity index (χ1n) is 10.7. The zero-order valence-electron chi connectivity index (χ0n) is 17.6. The lowest BCUT2D eigenvalue weighted by atomic mass is 9.68. The highest BCUT2D eigenvalue weighted by atomic mass is 16.5. The molecular formula is C25H29NO4. The second kappa shape index (κ2) is 8.13. The molecule has 0 aromatic heterocycles. The van der Waals surface area contributed by atoms with E-state index in [9.17, 15) is 14.7 Å². The Hall–Kier alpha value is -2.82. The summed E-state index contributed by atoms with van der Waals surface area (Å²) in [4.78, 5) is 24.4. The predicted octanol–water partition coefficient (Wildman–Crippen LogP) is 5.19. The van der Waals surface area contributed by atoms with Crippen molar-refractivity contribution in [2.45, 2.75) is 51.0 Å². The minimum Gasteiger partial charge on any atom is -0.481 e. The number of carboxylic acids is 1. The van der Waals surface area contributed by atoms with Crippen LogP contribution in [0.2, 0.25) is 0 Å². The number of fused-ring (bicyclic) bond motifs is 3. The molecule has 2 aromatic carbocycles. The van der Waals surface area contributed by atoms with Gasteiger partial charge in [-0.1, -0.05) is 68.8 Å². The van der Waals surface area contributed by atoms with Gasteiger partial charge in [0.2, 0.25) is 0 Å². The van der Waals surface area contributed by atoms with Crippen molar-refractivity contribution in [1.29, 1.82) is 0 Å². The number of alkyl carbamates (subject to hydrolysis) is 1. The van der Waals surface area contributed by atoms with Crippen molar-refractivity contribution >= 4 is 12.1 Å². The van der Waals surface area contributed by atoms with Crippen LogP contribution in [-0.2, 0) is 9.53 Å². The third-order valence-electron chi connectivity index (χ3n) is 6.91. The normalized spacial score (nSPS) is 25.3. The number of nitrogens with one attached hydrogen (secondary N) is 1. The molecule has 0 radical (unpaired) electrons. The summed E-state index contributed by atoms with van der Waals surface area (Å²) in [5.41, 5.74) is 3.92. The van der Waals surface area contributed by atoms with E-state index in [0.29, 0.717) is 12.3 Å². The summed E-state index contributed by atoms with van der Waals surface area (Å²) in [6.45, 7) is 4.37. The topological polar surface area (TPSA) is 75.6 Å².